The number of rotatable bonds is 9. The number of hydrogen-bond acceptors (Lipinski definition) is 0. The van der Waals surface area contributed by atoms with Gasteiger partial charge in [-0.1, -0.05) is 0 Å². The number of hydrogen-bond donors (Lipinski definition) is 0. The Balaban J connectivity index is 1.37. The van der Waals surface area contributed by atoms with Crippen molar-refractivity contribution < 1.29 is 0 Å². The van der Waals surface area contributed by atoms with Crippen LogP contribution in [0.3, 0.4) is 0 Å². The molecule has 4 aromatic carbocycles. The van der Waals surface area contributed by atoms with Gasteiger partial charge in [-0.25, -0.2) is 0 Å². The van der Waals surface area contributed by atoms with E-state index in [0.717, 1.165) is 0 Å². The first-order valence-electron chi connectivity index (χ1n) is 14.9. The molecule has 2 aliphatic rings. The third-order valence-corrected chi connectivity index (χ3v) is 25.7. The number of benzene rings is 4. The second-order valence-corrected chi connectivity index (χ2v) is 23.9. The van der Waals surface area contributed by atoms with Crippen molar-refractivity contribution in [3.63, 3.8) is 0 Å². The molecular formula is C36H44P2. The summed E-state index contributed by atoms with van der Waals surface area (Å²) in [6, 6.07) is 47.1. The van der Waals surface area contributed by atoms with Crippen LogP contribution < -0.4 is 21.2 Å². The third kappa shape index (κ3) is 4.03. The molecule has 198 valence electrons. The van der Waals surface area contributed by atoms with Gasteiger partial charge in [-0.3, -0.25) is 0 Å². The summed E-state index contributed by atoms with van der Waals surface area (Å²) in [5.74, 6) is 0. The maximum atomic E-state index is 2.48. The van der Waals surface area contributed by atoms with Crippen LogP contribution in [-0.2, 0) is 0 Å². The van der Waals surface area contributed by atoms with E-state index in [1.54, 1.807) is 21.2 Å². The molecule has 0 amide bonds. The van der Waals surface area contributed by atoms with Gasteiger partial charge in [-0.2, -0.15) is 0 Å². The summed E-state index contributed by atoms with van der Waals surface area (Å²) in [5, 5.41) is 6.70. The van der Waals surface area contributed by atoms with E-state index < -0.39 is 13.2 Å². The van der Waals surface area contributed by atoms with Crippen LogP contribution in [0.25, 0.3) is 0 Å². The molecule has 2 saturated heterocycles. The number of unbranched alkanes of at least 4 members (excludes halogenated alkanes) is 1. The average molecular weight is 539 g/mol. The molecule has 0 bridgehead atoms. The summed E-state index contributed by atoms with van der Waals surface area (Å²) in [5.41, 5.74) is 0. The first kappa shape index (κ1) is 26.0. The Bertz CT molecular complexity index is 1130. The van der Waals surface area contributed by atoms with Gasteiger partial charge in [0, 0.05) is 0 Å². The van der Waals surface area contributed by atoms with Gasteiger partial charge in [0.1, 0.15) is 0 Å². The van der Waals surface area contributed by atoms with Crippen LogP contribution in [0.1, 0.15) is 38.5 Å². The summed E-state index contributed by atoms with van der Waals surface area (Å²) in [6.45, 7) is -4.43. The summed E-state index contributed by atoms with van der Waals surface area (Å²) in [6.07, 6.45) is 16.6. The Hall–Kier alpha value is -2.26. The predicted octanol–water partition coefficient (Wildman–Crippen LogP) is 7.76. The molecular weight excluding hydrogens is 494 g/mol. The Morgan fingerprint density at radius 1 is 0.342 bits per heavy atom. The molecule has 6 rings (SSSR count). The Labute approximate surface area is 230 Å². The van der Waals surface area contributed by atoms with Gasteiger partial charge >= 0.3 is 231 Å². The third-order valence-electron chi connectivity index (χ3n) is 10.7. The van der Waals surface area contributed by atoms with Crippen LogP contribution in [0.4, 0.5) is 0 Å². The second-order valence-electron chi connectivity index (χ2n) is 12.3. The Morgan fingerprint density at radius 3 is 0.816 bits per heavy atom. The van der Waals surface area contributed by atoms with Gasteiger partial charge in [0.05, 0.1) is 0 Å². The Kier molecular flexibility index (Phi) is 7.10. The molecule has 0 nitrogen and oxygen atoms in total. The van der Waals surface area contributed by atoms with Gasteiger partial charge in [-0.05, 0) is 0 Å². The Morgan fingerprint density at radius 2 is 0.579 bits per heavy atom. The fourth-order valence-corrected chi connectivity index (χ4v) is 23.5. The van der Waals surface area contributed by atoms with Crippen molar-refractivity contribution in [2.75, 3.05) is 37.0 Å². The van der Waals surface area contributed by atoms with Gasteiger partial charge in [0.15, 0.2) is 0 Å². The van der Waals surface area contributed by atoms with Gasteiger partial charge < -0.3 is 0 Å². The van der Waals surface area contributed by atoms with Crippen molar-refractivity contribution in [1.82, 2.24) is 0 Å². The molecule has 0 aliphatic carbocycles. The minimum absolute atomic E-state index is 1.35. The van der Waals surface area contributed by atoms with Gasteiger partial charge in [-0.15, -0.1) is 0 Å². The molecule has 0 radical (unpaired) electrons. The standard InChI is InChI=1S/C36H44P2/c1-5-19-33(20-6-1)37(27-13-14-28-37,34-21-7-2-8-22-34)31-17-18-32-38(29-15-16-30-38,35-23-9-3-10-24-35)36-25-11-4-12-26-36/h1-12,19-26H,13-18,27-32H2. The predicted molar refractivity (Wildman–Crippen MR) is 175 cm³/mol. The second kappa shape index (κ2) is 10.4. The molecule has 2 heterocycles. The fraction of sp³-hybridized carbons (Fsp3) is 0.333. The van der Waals surface area contributed by atoms with Crippen LogP contribution in [0.15, 0.2) is 121 Å². The van der Waals surface area contributed by atoms with Crippen LogP contribution in [-0.4, -0.2) is 37.0 Å². The van der Waals surface area contributed by atoms with E-state index in [1.165, 1.54) is 75.5 Å². The zero-order valence-corrected chi connectivity index (χ0v) is 24.7. The van der Waals surface area contributed by atoms with Crippen molar-refractivity contribution in [2.45, 2.75) is 38.5 Å². The average Bonchev–Trinajstić information content (AvgIpc) is 3.66. The van der Waals surface area contributed by atoms with Crippen molar-refractivity contribution in [3.8, 4) is 0 Å². The van der Waals surface area contributed by atoms with Crippen LogP contribution >= 0.6 is 13.2 Å². The van der Waals surface area contributed by atoms with E-state index in [-0.39, 0.29) is 0 Å². The molecule has 0 unspecified atom stereocenters. The SMILES string of the molecule is c1ccc(P2(CCCCP3(c4ccccc4)(c4ccccc4)CCCC3)(c3ccccc3)CCCC2)cc1. The quantitative estimate of drug-likeness (QED) is 0.151. The van der Waals surface area contributed by atoms with Crippen LogP contribution in [0.5, 0.6) is 0 Å². The molecule has 0 atom stereocenters. The summed E-state index contributed by atoms with van der Waals surface area (Å²) < 4.78 is 0. The summed E-state index contributed by atoms with van der Waals surface area (Å²) in [4.78, 5) is 0. The fourth-order valence-electron chi connectivity index (χ4n) is 8.75. The van der Waals surface area contributed by atoms with Crippen LogP contribution in [0.2, 0.25) is 0 Å². The van der Waals surface area contributed by atoms with E-state index in [9.17, 15) is 0 Å². The summed E-state index contributed by atoms with van der Waals surface area (Å²) in [7, 11) is 0. The molecule has 0 saturated carbocycles. The molecule has 2 fully saturated rings. The molecule has 0 N–H and O–H groups in total. The first-order chi connectivity index (χ1) is 18.7. The van der Waals surface area contributed by atoms with Crippen molar-refractivity contribution in [2.24, 2.45) is 0 Å². The van der Waals surface area contributed by atoms with Crippen molar-refractivity contribution in [3.05, 3.63) is 121 Å². The molecule has 2 aliphatic heterocycles. The molecule has 4 aromatic rings. The van der Waals surface area contributed by atoms with Gasteiger partial charge in [0.25, 0.3) is 0 Å². The normalized spacial score (nSPS) is 22.9. The first-order valence-corrected chi connectivity index (χ1v) is 20.5. The van der Waals surface area contributed by atoms with E-state index >= 15 is 0 Å². The molecule has 0 spiro atoms. The van der Waals surface area contributed by atoms with Crippen LogP contribution in [0, 0.1) is 0 Å². The maximum absolute atomic E-state index is 2.48. The van der Waals surface area contributed by atoms with Gasteiger partial charge in [0.2, 0.25) is 0 Å². The van der Waals surface area contributed by atoms with E-state index in [2.05, 4.69) is 121 Å². The van der Waals surface area contributed by atoms with Crippen molar-refractivity contribution >= 4 is 34.4 Å². The topological polar surface area (TPSA) is 0 Å². The van der Waals surface area contributed by atoms with Crippen molar-refractivity contribution in [1.29, 1.82) is 0 Å². The van der Waals surface area contributed by atoms with E-state index in [0.29, 0.717) is 0 Å². The van der Waals surface area contributed by atoms with E-state index in [1.807, 2.05) is 0 Å². The molecule has 0 aromatic heterocycles. The molecule has 38 heavy (non-hydrogen) atoms. The zero-order chi connectivity index (χ0) is 25.8. The summed E-state index contributed by atoms with van der Waals surface area (Å²) >= 11 is 0. The minimum atomic E-state index is -2.21. The zero-order valence-electron chi connectivity index (χ0n) is 22.9. The van der Waals surface area contributed by atoms with E-state index in [4.69, 9.17) is 0 Å². The monoisotopic (exact) mass is 538 g/mol. The molecule has 2 heteroatoms.